The summed E-state index contributed by atoms with van der Waals surface area (Å²) in [6.07, 6.45) is -0.305. The molecule has 0 saturated carbocycles. The quantitative estimate of drug-likeness (QED) is 0.683. The molecule has 1 fully saturated rings. The van der Waals surface area contributed by atoms with Crippen molar-refractivity contribution in [2.45, 2.75) is 43.7 Å². The van der Waals surface area contributed by atoms with E-state index in [9.17, 15) is 22.4 Å². The summed E-state index contributed by atoms with van der Waals surface area (Å²) in [5.74, 6) is -1.73. The van der Waals surface area contributed by atoms with E-state index in [4.69, 9.17) is 11.6 Å². The van der Waals surface area contributed by atoms with Crippen molar-refractivity contribution in [1.82, 2.24) is 4.31 Å². The third kappa shape index (κ3) is 4.05. The molecule has 6 nitrogen and oxygen atoms in total. The molecule has 3 rings (SSSR count). The number of carbonyl (C=O) groups is 2. The molecule has 1 aliphatic rings. The topological polar surface area (TPSA) is 74.8 Å². The Hall–Kier alpha value is -2.29. The number of sulfonamides is 1. The molecule has 2 amide bonds. The number of hydrogen-bond donors (Lipinski definition) is 0. The van der Waals surface area contributed by atoms with Crippen molar-refractivity contribution in [2.75, 3.05) is 4.90 Å². The molecule has 29 heavy (non-hydrogen) atoms. The van der Waals surface area contributed by atoms with Crippen LogP contribution in [0.2, 0.25) is 5.02 Å². The Balaban J connectivity index is 2.04. The van der Waals surface area contributed by atoms with Crippen LogP contribution in [-0.2, 0) is 19.6 Å². The van der Waals surface area contributed by atoms with Gasteiger partial charge in [0.1, 0.15) is 11.9 Å². The summed E-state index contributed by atoms with van der Waals surface area (Å²) in [5, 5.41) is 0.376. The van der Waals surface area contributed by atoms with Crippen LogP contribution < -0.4 is 4.90 Å². The average molecular weight is 439 g/mol. The van der Waals surface area contributed by atoms with Crippen LogP contribution in [0.5, 0.6) is 0 Å². The number of amides is 2. The maximum atomic E-state index is 13.4. The molecule has 1 atom stereocenters. The van der Waals surface area contributed by atoms with Crippen LogP contribution in [0.1, 0.15) is 27.2 Å². The molecule has 1 unspecified atom stereocenters. The standard InChI is InChI=1S/C20H20ClFN2O4S/c1-20(2,3)24(29(27,28)16-10-4-13(21)5-11-16)17-12-18(25)23(19(17)26)15-8-6-14(22)7-9-15/h4-11,17H,12H2,1-3H3. The van der Waals surface area contributed by atoms with Gasteiger partial charge in [0.05, 0.1) is 17.0 Å². The van der Waals surface area contributed by atoms with E-state index >= 15 is 0 Å². The van der Waals surface area contributed by atoms with Gasteiger partial charge in [0, 0.05) is 10.6 Å². The average Bonchev–Trinajstić information content (AvgIpc) is 2.89. The lowest BCUT2D eigenvalue weighted by Crippen LogP contribution is -2.54. The lowest BCUT2D eigenvalue weighted by atomic mass is 10.1. The summed E-state index contributed by atoms with van der Waals surface area (Å²) >= 11 is 5.86. The molecule has 0 aromatic heterocycles. The summed E-state index contributed by atoms with van der Waals surface area (Å²) in [4.78, 5) is 26.6. The minimum Gasteiger partial charge on any atom is -0.274 e. The van der Waals surface area contributed by atoms with Crippen LogP contribution in [0.25, 0.3) is 0 Å². The fraction of sp³-hybridized carbons (Fsp3) is 0.300. The van der Waals surface area contributed by atoms with Gasteiger partial charge in [0.2, 0.25) is 15.9 Å². The molecule has 0 aliphatic carbocycles. The number of carbonyl (C=O) groups excluding carboxylic acids is 2. The van der Waals surface area contributed by atoms with E-state index in [1.165, 1.54) is 36.4 Å². The van der Waals surface area contributed by atoms with E-state index in [0.29, 0.717) is 5.02 Å². The summed E-state index contributed by atoms with van der Waals surface area (Å²) in [5.41, 5.74) is -0.792. The van der Waals surface area contributed by atoms with Gasteiger partial charge in [-0.05, 0) is 69.3 Å². The molecule has 0 bridgehead atoms. The Morgan fingerprint density at radius 1 is 1.03 bits per heavy atom. The maximum absolute atomic E-state index is 13.4. The highest BCUT2D eigenvalue weighted by Gasteiger charge is 2.50. The van der Waals surface area contributed by atoms with E-state index in [2.05, 4.69) is 0 Å². The molecule has 2 aromatic rings. The van der Waals surface area contributed by atoms with Crippen molar-refractivity contribution < 1.29 is 22.4 Å². The largest absolute Gasteiger partial charge is 0.274 e. The number of benzene rings is 2. The number of anilines is 1. The van der Waals surface area contributed by atoms with Crippen molar-refractivity contribution >= 4 is 39.1 Å². The van der Waals surface area contributed by atoms with E-state index in [1.807, 2.05) is 0 Å². The molecule has 0 radical (unpaired) electrons. The summed E-state index contributed by atoms with van der Waals surface area (Å²) in [6, 6.07) is 9.28. The van der Waals surface area contributed by atoms with Crippen molar-refractivity contribution in [3.8, 4) is 0 Å². The van der Waals surface area contributed by atoms with Crippen LogP contribution in [0.3, 0.4) is 0 Å². The highest BCUT2D eigenvalue weighted by Crippen LogP contribution is 2.34. The lowest BCUT2D eigenvalue weighted by molar-refractivity contribution is -0.122. The second-order valence-electron chi connectivity index (χ2n) is 7.69. The molecule has 9 heteroatoms. The van der Waals surface area contributed by atoms with E-state index < -0.39 is 39.2 Å². The van der Waals surface area contributed by atoms with Gasteiger partial charge in [-0.25, -0.2) is 17.7 Å². The van der Waals surface area contributed by atoms with E-state index in [-0.39, 0.29) is 17.0 Å². The van der Waals surface area contributed by atoms with Crippen molar-refractivity contribution in [2.24, 2.45) is 0 Å². The molecular weight excluding hydrogens is 419 g/mol. The van der Waals surface area contributed by atoms with Gasteiger partial charge >= 0.3 is 0 Å². The van der Waals surface area contributed by atoms with Crippen molar-refractivity contribution in [1.29, 1.82) is 0 Å². The number of nitrogens with zero attached hydrogens (tertiary/aromatic N) is 2. The molecule has 0 N–H and O–H groups in total. The predicted octanol–water partition coefficient (Wildman–Crippen LogP) is 3.60. The summed E-state index contributed by atoms with van der Waals surface area (Å²) in [7, 11) is -4.11. The van der Waals surface area contributed by atoms with Crippen LogP contribution in [-0.4, -0.2) is 36.1 Å². The molecular formula is C20H20ClFN2O4S. The molecule has 1 aliphatic heterocycles. The van der Waals surface area contributed by atoms with Gasteiger partial charge in [0.25, 0.3) is 5.91 Å². The summed E-state index contributed by atoms with van der Waals surface area (Å²) in [6.45, 7) is 4.95. The first-order valence-corrected chi connectivity index (χ1v) is 10.7. The molecule has 1 saturated heterocycles. The van der Waals surface area contributed by atoms with E-state index in [0.717, 1.165) is 21.3 Å². The fourth-order valence-electron chi connectivity index (χ4n) is 3.38. The minimum atomic E-state index is -4.11. The zero-order valence-electron chi connectivity index (χ0n) is 16.1. The van der Waals surface area contributed by atoms with Crippen molar-refractivity contribution in [3.63, 3.8) is 0 Å². The summed E-state index contributed by atoms with van der Waals surface area (Å²) < 4.78 is 41.0. The van der Waals surface area contributed by atoms with Crippen LogP contribution in [0, 0.1) is 5.82 Å². The first-order valence-electron chi connectivity index (χ1n) is 8.85. The molecule has 1 heterocycles. The fourth-order valence-corrected chi connectivity index (χ4v) is 5.43. The Labute approximate surface area is 173 Å². The number of rotatable bonds is 4. The molecule has 2 aromatic carbocycles. The van der Waals surface area contributed by atoms with Gasteiger partial charge in [-0.15, -0.1) is 0 Å². The molecule has 154 valence electrons. The predicted molar refractivity (Wildman–Crippen MR) is 108 cm³/mol. The second-order valence-corrected chi connectivity index (χ2v) is 9.94. The third-order valence-electron chi connectivity index (χ3n) is 4.52. The number of hydrogen-bond acceptors (Lipinski definition) is 4. The first-order chi connectivity index (χ1) is 13.4. The SMILES string of the molecule is CC(C)(C)N(C1CC(=O)N(c2ccc(F)cc2)C1=O)S(=O)(=O)c1ccc(Cl)cc1. The first kappa shape index (κ1) is 21.4. The zero-order valence-corrected chi connectivity index (χ0v) is 17.7. The highest BCUT2D eigenvalue weighted by atomic mass is 35.5. The van der Waals surface area contributed by atoms with Crippen LogP contribution >= 0.6 is 11.6 Å². The normalized spacial score (nSPS) is 18.0. The Morgan fingerprint density at radius 2 is 1.59 bits per heavy atom. The third-order valence-corrected chi connectivity index (χ3v) is 6.96. The monoisotopic (exact) mass is 438 g/mol. The highest BCUT2D eigenvalue weighted by molar-refractivity contribution is 7.89. The Kier molecular flexibility index (Phi) is 5.55. The number of halogens is 2. The van der Waals surface area contributed by atoms with Crippen molar-refractivity contribution in [3.05, 3.63) is 59.4 Å². The zero-order chi connectivity index (χ0) is 21.6. The maximum Gasteiger partial charge on any atom is 0.252 e. The van der Waals surface area contributed by atoms with Gasteiger partial charge in [-0.1, -0.05) is 11.6 Å². The smallest absolute Gasteiger partial charge is 0.252 e. The minimum absolute atomic E-state index is 0.0303. The van der Waals surface area contributed by atoms with Gasteiger partial charge in [-0.3, -0.25) is 9.59 Å². The van der Waals surface area contributed by atoms with Crippen LogP contribution in [0.4, 0.5) is 10.1 Å². The van der Waals surface area contributed by atoms with Gasteiger partial charge in [-0.2, -0.15) is 4.31 Å². The molecule has 0 spiro atoms. The number of imide groups is 1. The van der Waals surface area contributed by atoms with Gasteiger partial charge in [0.15, 0.2) is 0 Å². The Morgan fingerprint density at radius 3 is 2.10 bits per heavy atom. The lowest BCUT2D eigenvalue weighted by Gasteiger charge is -2.37. The Bertz CT molecular complexity index is 1050. The second kappa shape index (κ2) is 7.51. The van der Waals surface area contributed by atoms with Crippen LogP contribution in [0.15, 0.2) is 53.4 Å². The van der Waals surface area contributed by atoms with E-state index in [1.54, 1.807) is 20.8 Å². The van der Waals surface area contributed by atoms with Gasteiger partial charge < -0.3 is 0 Å².